The highest BCUT2D eigenvalue weighted by Gasteiger charge is 2.22. The van der Waals surface area contributed by atoms with E-state index in [1.54, 1.807) is 0 Å². The van der Waals surface area contributed by atoms with Crippen molar-refractivity contribution in [3.05, 3.63) is 176 Å². The average Bonchev–Trinajstić information content (AvgIpc) is 3.90. The molecule has 0 saturated carbocycles. The SMILES string of the molecule is c1ccc(-c2cccc3c2oc2c(N(c4ccc(-c5cccc6oc7ccccc7c56)cc4)c4ccc5oc6ccccc6c5c4)cccc23)cc1. The summed E-state index contributed by atoms with van der Waals surface area (Å²) in [5.74, 6) is 0. The van der Waals surface area contributed by atoms with E-state index < -0.39 is 0 Å². The van der Waals surface area contributed by atoms with Crippen molar-refractivity contribution in [2.45, 2.75) is 0 Å². The van der Waals surface area contributed by atoms with E-state index in [4.69, 9.17) is 13.3 Å². The van der Waals surface area contributed by atoms with Crippen LogP contribution in [0, 0.1) is 0 Å². The zero-order valence-corrected chi connectivity index (χ0v) is 27.9. The summed E-state index contributed by atoms with van der Waals surface area (Å²) in [5.41, 5.74) is 12.6. The second-order valence-corrected chi connectivity index (χ2v) is 13.2. The van der Waals surface area contributed by atoms with Gasteiger partial charge in [0.15, 0.2) is 5.58 Å². The van der Waals surface area contributed by atoms with E-state index in [0.717, 1.165) is 105 Å². The van der Waals surface area contributed by atoms with Crippen LogP contribution in [-0.4, -0.2) is 0 Å². The molecule has 0 saturated heterocycles. The van der Waals surface area contributed by atoms with E-state index >= 15 is 0 Å². The zero-order chi connectivity index (χ0) is 34.2. The second-order valence-electron chi connectivity index (χ2n) is 13.2. The normalized spacial score (nSPS) is 11.8. The number of nitrogens with zero attached hydrogens (tertiary/aromatic N) is 1. The molecular formula is C48H29NO3. The van der Waals surface area contributed by atoms with Gasteiger partial charge in [0.05, 0.1) is 5.69 Å². The summed E-state index contributed by atoms with van der Waals surface area (Å²) in [6.45, 7) is 0. The lowest BCUT2D eigenvalue weighted by atomic mass is 9.99. The fourth-order valence-corrected chi connectivity index (χ4v) is 7.91. The number of hydrogen-bond donors (Lipinski definition) is 0. The Morgan fingerprint density at radius 2 is 0.904 bits per heavy atom. The molecule has 3 aromatic heterocycles. The van der Waals surface area contributed by atoms with E-state index in [9.17, 15) is 0 Å². The molecule has 0 N–H and O–H groups in total. The molecule has 0 fully saturated rings. The third-order valence-corrected chi connectivity index (χ3v) is 10.3. The first-order valence-electron chi connectivity index (χ1n) is 17.5. The Kier molecular flexibility index (Phi) is 6.22. The molecule has 0 aliphatic heterocycles. The summed E-state index contributed by atoms with van der Waals surface area (Å²) in [4.78, 5) is 2.30. The summed E-state index contributed by atoms with van der Waals surface area (Å²) >= 11 is 0. The maximum atomic E-state index is 6.94. The van der Waals surface area contributed by atoms with Gasteiger partial charge in [-0.3, -0.25) is 0 Å². The van der Waals surface area contributed by atoms with Crippen LogP contribution in [0.3, 0.4) is 0 Å². The van der Waals surface area contributed by atoms with E-state index in [-0.39, 0.29) is 0 Å². The van der Waals surface area contributed by atoms with Crippen LogP contribution in [0.25, 0.3) is 88.1 Å². The minimum atomic E-state index is 0.830. The summed E-state index contributed by atoms with van der Waals surface area (Å²) in [7, 11) is 0. The second kappa shape index (κ2) is 11.2. The van der Waals surface area contributed by atoms with Crippen LogP contribution in [0.5, 0.6) is 0 Å². The van der Waals surface area contributed by atoms with Crippen LogP contribution in [-0.2, 0) is 0 Å². The van der Waals surface area contributed by atoms with Crippen molar-refractivity contribution in [3.8, 4) is 22.3 Å². The molecule has 0 spiro atoms. The zero-order valence-electron chi connectivity index (χ0n) is 27.9. The van der Waals surface area contributed by atoms with E-state index in [0.29, 0.717) is 0 Å². The van der Waals surface area contributed by atoms with E-state index in [1.165, 1.54) is 0 Å². The van der Waals surface area contributed by atoms with Gasteiger partial charge in [-0.15, -0.1) is 0 Å². The highest BCUT2D eigenvalue weighted by molar-refractivity contribution is 6.15. The van der Waals surface area contributed by atoms with Crippen molar-refractivity contribution in [1.82, 2.24) is 0 Å². The Morgan fingerprint density at radius 1 is 0.327 bits per heavy atom. The standard InChI is InChI=1S/C48H29NO3/c1-2-11-30(12-3-1)35-16-8-17-37-38-18-9-19-41(48(38)52-47(35)37)49(33-27-28-44-40(29-33)36-13-4-6-20-42(36)50-44)32-25-23-31(24-26-32)34-15-10-22-45-46(34)39-14-5-7-21-43(39)51-45/h1-29H. The molecule has 244 valence electrons. The molecule has 0 aliphatic rings. The minimum absolute atomic E-state index is 0.830. The van der Waals surface area contributed by atoms with Gasteiger partial charge in [0.2, 0.25) is 0 Å². The van der Waals surface area contributed by atoms with Crippen molar-refractivity contribution >= 4 is 82.9 Å². The highest BCUT2D eigenvalue weighted by Crippen LogP contribution is 2.46. The quantitative estimate of drug-likeness (QED) is 0.183. The molecule has 0 unspecified atom stereocenters. The number of hydrogen-bond acceptors (Lipinski definition) is 4. The molecule has 0 aliphatic carbocycles. The van der Waals surface area contributed by atoms with Crippen LogP contribution in [0.4, 0.5) is 17.1 Å². The predicted octanol–water partition coefficient (Wildman–Crippen LogP) is 14.2. The summed E-state index contributed by atoms with van der Waals surface area (Å²) < 4.78 is 19.4. The largest absolute Gasteiger partial charge is 0.456 e. The molecule has 4 heteroatoms. The van der Waals surface area contributed by atoms with Crippen molar-refractivity contribution in [1.29, 1.82) is 0 Å². The summed E-state index contributed by atoms with van der Waals surface area (Å²) in [5, 5.41) is 6.55. The Bertz CT molecular complexity index is 3130. The average molecular weight is 668 g/mol. The van der Waals surface area contributed by atoms with Gasteiger partial charge in [0.1, 0.15) is 27.9 Å². The lowest BCUT2D eigenvalue weighted by molar-refractivity contribution is 0.668. The van der Waals surface area contributed by atoms with Gasteiger partial charge >= 0.3 is 0 Å². The highest BCUT2D eigenvalue weighted by atomic mass is 16.3. The number of anilines is 3. The van der Waals surface area contributed by atoms with Gasteiger partial charge in [-0.2, -0.15) is 0 Å². The van der Waals surface area contributed by atoms with Crippen LogP contribution in [0.2, 0.25) is 0 Å². The first-order valence-corrected chi connectivity index (χ1v) is 17.5. The lowest BCUT2D eigenvalue weighted by Gasteiger charge is -2.26. The number of rotatable bonds is 5. The monoisotopic (exact) mass is 667 g/mol. The van der Waals surface area contributed by atoms with Crippen molar-refractivity contribution < 1.29 is 13.3 Å². The Labute approximate surface area is 298 Å². The molecule has 0 bridgehead atoms. The fourth-order valence-electron chi connectivity index (χ4n) is 7.91. The molecular weight excluding hydrogens is 639 g/mol. The molecule has 11 aromatic rings. The minimum Gasteiger partial charge on any atom is -0.456 e. The maximum absolute atomic E-state index is 6.94. The van der Waals surface area contributed by atoms with Crippen LogP contribution in [0.15, 0.2) is 189 Å². The lowest BCUT2D eigenvalue weighted by Crippen LogP contribution is -2.10. The Hall–Kier alpha value is -7.04. The maximum Gasteiger partial charge on any atom is 0.159 e. The molecule has 0 amide bonds. The molecule has 0 radical (unpaired) electrons. The molecule has 3 heterocycles. The van der Waals surface area contributed by atoms with Gasteiger partial charge in [-0.25, -0.2) is 0 Å². The van der Waals surface area contributed by atoms with Gasteiger partial charge < -0.3 is 18.2 Å². The molecule has 0 atom stereocenters. The van der Waals surface area contributed by atoms with Crippen molar-refractivity contribution in [3.63, 3.8) is 0 Å². The predicted molar refractivity (Wildman–Crippen MR) is 214 cm³/mol. The number of benzene rings is 8. The third-order valence-electron chi connectivity index (χ3n) is 10.3. The summed E-state index contributed by atoms with van der Waals surface area (Å²) in [6.07, 6.45) is 0. The topological polar surface area (TPSA) is 42.7 Å². The van der Waals surface area contributed by atoms with E-state index in [2.05, 4.69) is 144 Å². The van der Waals surface area contributed by atoms with Crippen LogP contribution in [0.1, 0.15) is 0 Å². The third kappa shape index (κ3) is 4.34. The van der Waals surface area contributed by atoms with Gasteiger partial charge in [-0.05, 0) is 71.3 Å². The Balaban J connectivity index is 1.13. The smallest absolute Gasteiger partial charge is 0.159 e. The molecule has 8 aromatic carbocycles. The van der Waals surface area contributed by atoms with Crippen LogP contribution >= 0.6 is 0 Å². The van der Waals surface area contributed by atoms with Gasteiger partial charge in [0, 0.05) is 49.3 Å². The first-order chi connectivity index (χ1) is 25.8. The number of para-hydroxylation sites is 4. The number of furan rings is 3. The van der Waals surface area contributed by atoms with Gasteiger partial charge in [0.25, 0.3) is 0 Å². The Morgan fingerprint density at radius 3 is 1.75 bits per heavy atom. The van der Waals surface area contributed by atoms with Gasteiger partial charge in [-0.1, -0.05) is 121 Å². The fraction of sp³-hybridized carbons (Fsp3) is 0. The van der Waals surface area contributed by atoms with Crippen molar-refractivity contribution in [2.24, 2.45) is 0 Å². The van der Waals surface area contributed by atoms with Crippen molar-refractivity contribution in [2.75, 3.05) is 4.90 Å². The molecule has 11 rings (SSSR count). The first kappa shape index (κ1) is 28.8. The van der Waals surface area contributed by atoms with Crippen LogP contribution < -0.4 is 4.90 Å². The number of fused-ring (bicyclic) bond motifs is 9. The van der Waals surface area contributed by atoms with E-state index in [1.807, 2.05) is 36.4 Å². The molecule has 52 heavy (non-hydrogen) atoms. The molecule has 4 nitrogen and oxygen atoms in total. The summed E-state index contributed by atoms with van der Waals surface area (Å²) in [6, 6.07) is 61.3.